The van der Waals surface area contributed by atoms with Crippen LogP contribution in [-0.4, -0.2) is 50.0 Å². The highest BCUT2D eigenvalue weighted by molar-refractivity contribution is 5.81. The number of carbonyl (C=O) groups is 1. The van der Waals surface area contributed by atoms with Crippen LogP contribution in [0, 0.1) is 5.92 Å². The summed E-state index contributed by atoms with van der Waals surface area (Å²) in [5, 5.41) is 15.7. The molecule has 1 amide bonds. The Morgan fingerprint density at radius 2 is 2.28 bits per heavy atom. The van der Waals surface area contributed by atoms with Crippen LogP contribution < -0.4 is 10.6 Å². The number of aliphatic hydroxyl groups excluding tert-OH is 1. The van der Waals surface area contributed by atoms with Gasteiger partial charge in [0, 0.05) is 26.8 Å². The summed E-state index contributed by atoms with van der Waals surface area (Å²) in [6.45, 7) is 3.88. The molecule has 0 heterocycles. The molecule has 106 valence electrons. The van der Waals surface area contributed by atoms with Crippen molar-refractivity contribution in [3.8, 4) is 0 Å². The summed E-state index contributed by atoms with van der Waals surface area (Å²) in [6.07, 6.45) is 3.66. The molecule has 1 aliphatic rings. The lowest BCUT2D eigenvalue weighted by atomic mass is 10.1. The SMILES string of the molecule is COCCCNC(=O)C(C)NCC1CCCC1O. The molecular formula is C13H26N2O3. The summed E-state index contributed by atoms with van der Waals surface area (Å²) in [5.74, 6) is 0.312. The highest BCUT2D eigenvalue weighted by Gasteiger charge is 2.25. The second-order valence-electron chi connectivity index (χ2n) is 5.03. The number of rotatable bonds is 8. The van der Waals surface area contributed by atoms with Gasteiger partial charge in [0.1, 0.15) is 0 Å². The van der Waals surface area contributed by atoms with Crippen LogP contribution in [0.2, 0.25) is 0 Å². The van der Waals surface area contributed by atoms with Gasteiger partial charge in [-0.05, 0) is 32.1 Å². The first kappa shape index (κ1) is 15.4. The zero-order chi connectivity index (χ0) is 13.4. The number of amides is 1. The van der Waals surface area contributed by atoms with E-state index in [1.807, 2.05) is 6.92 Å². The van der Waals surface area contributed by atoms with Gasteiger partial charge in [-0.1, -0.05) is 6.42 Å². The van der Waals surface area contributed by atoms with Crippen LogP contribution in [0.4, 0.5) is 0 Å². The van der Waals surface area contributed by atoms with E-state index in [9.17, 15) is 9.90 Å². The van der Waals surface area contributed by atoms with Crippen LogP contribution in [0.25, 0.3) is 0 Å². The quantitative estimate of drug-likeness (QED) is 0.547. The summed E-state index contributed by atoms with van der Waals surface area (Å²) in [4.78, 5) is 11.7. The predicted octanol–water partition coefficient (Wildman–Crippen LogP) is 0.278. The van der Waals surface area contributed by atoms with Gasteiger partial charge in [-0.15, -0.1) is 0 Å². The first-order chi connectivity index (χ1) is 8.65. The molecule has 3 N–H and O–H groups in total. The van der Waals surface area contributed by atoms with Crippen molar-refractivity contribution in [1.29, 1.82) is 0 Å². The standard InChI is InChI=1S/C13H26N2O3/c1-10(13(17)14-7-4-8-18-2)15-9-11-5-3-6-12(11)16/h10-12,15-16H,3-9H2,1-2H3,(H,14,17). The van der Waals surface area contributed by atoms with Gasteiger partial charge in [-0.3, -0.25) is 4.79 Å². The van der Waals surface area contributed by atoms with Crippen LogP contribution >= 0.6 is 0 Å². The highest BCUT2D eigenvalue weighted by atomic mass is 16.5. The second kappa shape index (κ2) is 8.45. The molecule has 5 nitrogen and oxygen atoms in total. The number of carbonyl (C=O) groups excluding carboxylic acids is 1. The fraction of sp³-hybridized carbons (Fsp3) is 0.923. The maximum Gasteiger partial charge on any atom is 0.236 e. The lowest BCUT2D eigenvalue weighted by molar-refractivity contribution is -0.122. The van der Waals surface area contributed by atoms with Crippen molar-refractivity contribution in [2.45, 2.75) is 44.8 Å². The van der Waals surface area contributed by atoms with Gasteiger partial charge in [-0.2, -0.15) is 0 Å². The van der Waals surface area contributed by atoms with Gasteiger partial charge in [0.05, 0.1) is 12.1 Å². The minimum atomic E-state index is -0.208. The van der Waals surface area contributed by atoms with E-state index in [1.54, 1.807) is 7.11 Å². The van der Waals surface area contributed by atoms with E-state index in [0.717, 1.165) is 25.7 Å². The van der Waals surface area contributed by atoms with Gasteiger partial charge in [0.2, 0.25) is 5.91 Å². The second-order valence-corrected chi connectivity index (χ2v) is 5.03. The first-order valence-corrected chi connectivity index (χ1v) is 6.83. The van der Waals surface area contributed by atoms with Crippen LogP contribution in [0.3, 0.4) is 0 Å². The van der Waals surface area contributed by atoms with Crippen LogP contribution in [0.15, 0.2) is 0 Å². The van der Waals surface area contributed by atoms with Crippen LogP contribution in [-0.2, 0) is 9.53 Å². The summed E-state index contributed by atoms with van der Waals surface area (Å²) < 4.78 is 4.92. The Kier molecular flexibility index (Phi) is 7.23. The smallest absolute Gasteiger partial charge is 0.236 e. The minimum Gasteiger partial charge on any atom is -0.393 e. The minimum absolute atomic E-state index is 0.0126. The fourth-order valence-corrected chi connectivity index (χ4v) is 2.26. The van der Waals surface area contributed by atoms with E-state index < -0.39 is 0 Å². The third-order valence-electron chi connectivity index (χ3n) is 3.52. The van der Waals surface area contributed by atoms with Crippen molar-refractivity contribution in [3.05, 3.63) is 0 Å². The Morgan fingerprint density at radius 3 is 2.89 bits per heavy atom. The Balaban J connectivity index is 2.11. The maximum atomic E-state index is 11.7. The van der Waals surface area contributed by atoms with Gasteiger partial charge in [-0.25, -0.2) is 0 Å². The van der Waals surface area contributed by atoms with Crippen molar-refractivity contribution < 1.29 is 14.6 Å². The fourth-order valence-electron chi connectivity index (χ4n) is 2.26. The largest absolute Gasteiger partial charge is 0.393 e. The first-order valence-electron chi connectivity index (χ1n) is 6.83. The average Bonchev–Trinajstić information content (AvgIpc) is 2.77. The topological polar surface area (TPSA) is 70.6 Å². The normalized spacial score (nSPS) is 25.1. The number of aliphatic hydroxyl groups is 1. The Bertz CT molecular complexity index is 248. The number of hydrogen-bond acceptors (Lipinski definition) is 4. The van der Waals surface area contributed by atoms with E-state index in [-0.39, 0.29) is 18.1 Å². The van der Waals surface area contributed by atoms with Crippen LogP contribution in [0.5, 0.6) is 0 Å². The molecule has 0 saturated heterocycles. The Labute approximate surface area is 109 Å². The van der Waals surface area contributed by atoms with E-state index in [0.29, 0.717) is 25.6 Å². The van der Waals surface area contributed by atoms with Gasteiger partial charge >= 0.3 is 0 Å². The lowest BCUT2D eigenvalue weighted by Crippen LogP contribution is -2.44. The molecule has 18 heavy (non-hydrogen) atoms. The molecule has 1 aliphatic carbocycles. The van der Waals surface area contributed by atoms with Crippen molar-refractivity contribution in [2.24, 2.45) is 5.92 Å². The molecule has 0 aromatic carbocycles. The molecule has 0 aromatic rings. The van der Waals surface area contributed by atoms with E-state index in [1.165, 1.54) is 0 Å². The number of nitrogens with one attached hydrogen (secondary N) is 2. The molecular weight excluding hydrogens is 232 g/mol. The van der Waals surface area contributed by atoms with Gasteiger partial charge < -0.3 is 20.5 Å². The molecule has 3 unspecified atom stereocenters. The average molecular weight is 258 g/mol. The monoisotopic (exact) mass is 258 g/mol. The van der Waals surface area contributed by atoms with Crippen molar-refractivity contribution in [1.82, 2.24) is 10.6 Å². The van der Waals surface area contributed by atoms with Crippen LogP contribution in [0.1, 0.15) is 32.6 Å². The zero-order valence-corrected chi connectivity index (χ0v) is 11.4. The molecule has 0 bridgehead atoms. The maximum absolute atomic E-state index is 11.7. The predicted molar refractivity (Wildman–Crippen MR) is 70.3 cm³/mol. The van der Waals surface area contributed by atoms with Crippen molar-refractivity contribution >= 4 is 5.91 Å². The van der Waals surface area contributed by atoms with E-state index in [4.69, 9.17) is 4.74 Å². The Morgan fingerprint density at radius 1 is 1.50 bits per heavy atom. The van der Waals surface area contributed by atoms with Crippen molar-refractivity contribution in [2.75, 3.05) is 26.8 Å². The molecule has 1 rings (SSSR count). The Hall–Kier alpha value is -0.650. The summed E-state index contributed by atoms with van der Waals surface area (Å²) >= 11 is 0. The zero-order valence-electron chi connectivity index (χ0n) is 11.4. The third kappa shape index (κ3) is 5.33. The molecule has 3 atom stereocenters. The molecule has 0 radical (unpaired) electrons. The summed E-state index contributed by atoms with van der Waals surface area (Å²) in [6, 6.07) is -0.208. The summed E-state index contributed by atoms with van der Waals surface area (Å²) in [5.41, 5.74) is 0. The lowest BCUT2D eigenvalue weighted by Gasteiger charge is -2.19. The molecule has 5 heteroatoms. The van der Waals surface area contributed by atoms with E-state index >= 15 is 0 Å². The molecule has 0 aromatic heterocycles. The molecule has 1 fully saturated rings. The number of hydrogen-bond donors (Lipinski definition) is 3. The molecule has 0 aliphatic heterocycles. The number of methoxy groups -OCH3 is 1. The third-order valence-corrected chi connectivity index (χ3v) is 3.52. The van der Waals surface area contributed by atoms with Gasteiger partial charge in [0.15, 0.2) is 0 Å². The highest BCUT2D eigenvalue weighted by Crippen LogP contribution is 2.24. The summed E-state index contributed by atoms with van der Waals surface area (Å²) in [7, 11) is 1.65. The molecule has 1 saturated carbocycles. The molecule has 0 spiro atoms. The van der Waals surface area contributed by atoms with Crippen molar-refractivity contribution in [3.63, 3.8) is 0 Å². The number of ether oxygens (including phenoxy) is 1. The van der Waals surface area contributed by atoms with E-state index in [2.05, 4.69) is 10.6 Å². The van der Waals surface area contributed by atoms with Gasteiger partial charge in [0.25, 0.3) is 0 Å².